The zero-order valence-electron chi connectivity index (χ0n) is 17.9. The molecule has 3 aromatic rings. The molecule has 2 N–H and O–H groups in total. The molecular formula is C22H23Cl2N5O2S. The maximum absolute atomic E-state index is 12.3. The molecule has 0 aliphatic heterocycles. The molecule has 10 heteroatoms. The van der Waals surface area contributed by atoms with Crippen LogP contribution in [0, 0.1) is 13.8 Å². The fourth-order valence-corrected chi connectivity index (χ4v) is 3.89. The van der Waals surface area contributed by atoms with Gasteiger partial charge >= 0.3 is 0 Å². The normalized spacial score (nSPS) is 10.8. The van der Waals surface area contributed by atoms with Gasteiger partial charge < -0.3 is 15.2 Å². The lowest BCUT2D eigenvalue weighted by Crippen LogP contribution is -2.26. The van der Waals surface area contributed by atoms with E-state index in [9.17, 15) is 9.59 Å². The van der Waals surface area contributed by atoms with Crippen LogP contribution in [-0.2, 0) is 18.3 Å². The van der Waals surface area contributed by atoms with E-state index < -0.39 is 0 Å². The summed E-state index contributed by atoms with van der Waals surface area (Å²) in [6.07, 6.45) is 0.492. The second kappa shape index (κ2) is 10.8. The fraction of sp³-hybridized carbons (Fsp3) is 0.273. The highest BCUT2D eigenvalue weighted by Crippen LogP contribution is 2.22. The van der Waals surface area contributed by atoms with Gasteiger partial charge in [-0.1, -0.05) is 41.0 Å². The number of hydrogen-bond acceptors (Lipinski definition) is 5. The molecule has 7 nitrogen and oxygen atoms in total. The van der Waals surface area contributed by atoms with E-state index in [0.29, 0.717) is 39.6 Å². The van der Waals surface area contributed by atoms with Gasteiger partial charge in [0, 0.05) is 31.3 Å². The molecule has 0 spiro atoms. The van der Waals surface area contributed by atoms with E-state index in [4.69, 9.17) is 23.2 Å². The first kappa shape index (κ1) is 24.1. The van der Waals surface area contributed by atoms with Crippen LogP contribution in [0.25, 0.3) is 0 Å². The van der Waals surface area contributed by atoms with Crippen LogP contribution in [0.5, 0.6) is 0 Å². The number of carbonyl (C=O) groups excluding carboxylic acids is 2. The smallest absolute Gasteiger partial charge is 0.251 e. The second-order valence-electron chi connectivity index (χ2n) is 7.23. The van der Waals surface area contributed by atoms with Crippen LogP contribution in [0.15, 0.2) is 41.6 Å². The van der Waals surface area contributed by atoms with Crippen molar-refractivity contribution in [2.24, 2.45) is 7.05 Å². The van der Waals surface area contributed by atoms with Gasteiger partial charge in [-0.05, 0) is 55.3 Å². The van der Waals surface area contributed by atoms with Crippen LogP contribution >= 0.6 is 35.0 Å². The van der Waals surface area contributed by atoms with Crippen LogP contribution in [0.4, 0.5) is 5.69 Å². The van der Waals surface area contributed by atoms with Gasteiger partial charge in [-0.25, -0.2) is 0 Å². The minimum Gasteiger partial charge on any atom is -0.352 e. The number of nitrogens with zero attached hydrogens (tertiary/aromatic N) is 3. The van der Waals surface area contributed by atoms with Gasteiger partial charge in [-0.3, -0.25) is 9.59 Å². The molecule has 3 rings (SSSR count). The van der Waals surface area contributed by atoms with Gasteiger partial charge in [0.2, 0.25) is 5.91 Å². The van der Waals surface area contributed by atoms with Gasteiger partial charge in [-0.15, -0.1) is 10.2 Å². The summed E-state index contributed by atoms with van der Waals surface area (Å²) in [5, 5.41) is 15.4. The number of hydrogen-bond donors (Lipinski definition) is 2. The number of carbonyl (C=O) groups is 2. The molecule has 0 saturated carbocycles. The first-order valence-electron chi connectivity index (χ1n) is 9.86. The quantitative estimate of drug-likeness (QED) is 0.454. The predicted octanol–water partition coefficient (Wildman–Crippen LogP) is 4.44. The van der Waals surface area contributed by atoms with Gasteiger partial charge in [0.25, 0.3) is 5.91 Å². The van der Waals surface area contributed by atoms with Gasteiger partial charge in [0.05, 0.1) is 15.8 Å². The molecule has 0 bridgehead atoms. The summed E-state index contributed by atoms with van der Waals surface area (Å²) in [6, 6.07) is 10.5. The first-order valence-corrected chi connectivity index (χ1v) is 11.6. The van der Waals surface area contributed by atoms with E-state index in [1.807, 2.05) is 43.7 Å². The summed E-state index contributed by atoms with van der Waals surface area (Å²) in [6.45, 7) is 4.41. The molecule has 168 valence electrons. The highest BCUT2D eigenvalue weighted by atomic mass is 35.5. The van der Waals surface area contributed by atoms with Gasteiger partial charge in [-0.2, -0.15) is 0 Å². The Morgan fingerprint density at radius 1 is 1.03 bits per heavy atom. The third-order valence-corrected chi connectivity index (χ3v) is 6.62. The molecule has 0 atom stereocenters. The molecule has 0 aliphatic carbocycles. The maximum Gasteiger partial charge on any atom is 0.251 e. The molecule has 1 aromatic heterocycles. The average molecular weight is 492 g/mol. The van der Waals surface area contributed by atoms with Crippen molar-refractivity contribution >= 4 is 52.5 Å². The second-order valence-corrected chi connectivity index (χ2v) is 8.99. The van der Waals surface area contributed by atoms with Crippen LogP contribution in [0.1, 0.15) is 27.3 Å². The number of halogens is 2. The van der Waals surface area contributed by atoms with E-state index in [1.54, 1.807) is 12.1 Å². The minimum absolute atomic E-state index is 0.114. The van der Waals surface area contributed by atoms with Crippen LogP contribution in [0.3, 0.4) is 0 Å². The summed E-state index contributed by atoms with van der Waals surface area (Å²) in [4.78, 5) is 24.5. The Morgan fingerprint density at radius 2 is 1.81 bits per heavy atom. The van der Waals surface area contributed by atoms with Crippen molar-refractivity contribution in [1.29, 1.82) is 0 Å². The molecule has 0 radical (unpaired) electrons. The molecule has 2 amide bonds. The van der Waals surface area contributed by atoms with E-state index in [0.717, 1.165) is 11.3 Å². The summed E-state index contributed by atoms with van der Waals surface area (Å²) in [5.74, 6) is 0.559. The number of aryl methyl sites for hydroxylation is 2. The Morgan fingerprint density at radius 3 is 2.53 bits per heavy atom. The molecule has 0 unspecified atom stereocenters. The summed E-state index contributed by atoms with van der Waals surface area (Å²) in [7, 11) is 1.83. The van der Waals surface area contributed by atoms with Crippen molar-refractivity contribution in [2.75, 3.05) is 17.6 Å². The fourth-order valence-electron chi connectivity index (χ4n) is 2.86. The predicted molar refractivity (Wildman–Crippen MR) is 129 cm³/mol. The third kappa shape index (κ3) is 6.25. The average Bonchev–Trinajstić information content (AvgIpc) is 3.10. The lowest BCUT2D eigenvalue weighted by Gasteiger charge is -2.08. The van der Waals surface area contributed by atoms with E-state index in [-0.39, 0.29) is 17.6 Å². The summed E-state index contributed by atoms with van der Waals surface area (Å²) >= 11 is 13.1. The van der Waals surface area contributed by atoms with E-state index >= 15 is 0 Å². The number of nitrogens with one attached hydrogen (secondary N) is 2. The number of amides is 2. The van der Waals surface area contributed by atoms with Crippen LogP contribution < -0.4 is 10.6 Å². The zero-order valence-corrected chi connectivity index (χ0v) is 20.2. The Balaban J connectivity index is 1.48. The van der Waals surface area contributed by atoms with E-state index in [2.05, 4.69) is 20.8 Å². The highest BCUT2D eigenvalue weighted by molar-refractivity contribution is 7.99. The molecule has 0 aliphatic rings. The Bertz CT molecular complexity index is 1150. The Labute approximate surface area is 200 Å². The molecule has 32 heavy (non-hydrogen) atoms. The lowest BCUT2D eigenvalue weighted by atomic mass is 10.1. The van der Waals surface area contributed by atoms with Crippen molar-refractivity contribution in [1.82, 2.24) is 20.1 Å². The van der Waals surface area contributed by atoms with Crippen LogP contribution in [-0.4, -0.2) is 38.9 Å². The highest BCUT2D eigenvalue weighted by Gasteiger charge is 2.13. The molecule has 0 saturated heterocycles. The number of thioether (sulfide) groups is 1. The Kier molecular flexibility index (Phi) is 8.17. The number of aromatic nitrogens is 3. The van der Waals surface area contributed by atoms with E-state index in [1.165, 1.54) is 23.4 Å². The molecule has 2 aromatic carbocycles. The standard InChI is InChI=1S/C22H23Cl2N5O2S/c1-13-4-6-16(10-14(13)2)26-20(30)12-32-22-28-27-19(29(22)3)8-9-25-21(31)15-5-7-17(23)18(24)11-15/h4-7,10-11H,8-9,12H2,1-3H3,(H,25,31)(H,26,30). The SMILES string of the molecule is Cc1ccc(NC(=O)CSc2nnc(CCNC(=O)c3ccc(Cl)c(Cl)c3)n2C)cc1C. The monoisotopic (exact) mass is 491 g/mol. The van der Waals surface area contributed by atoms with Crippen LogP contribution in [0.2, 0.25) is 10.0 Å². The van der Waals surface area contributed by atoms with Crippen molar-refractivity contribution in [2.45, 2.75) is 25.4 Å². The molecule has 0 fully saturated rings. The number of benzene rings is 2. The topological polar surface area (TPSA) is 88.9 Å². The zero-order chi connectivity index (χ0) is 23.3. The largest absolute Gasteiger partial charge is 0.352 e. The number of anilines is 1. The summed E-state index contributed by atoms with van der Waals surface area (Å²) in [5.41, 5.74) is 3.51. The van der Waals surface area contributed by atoms with Crippen molar-refractivity contribution < 1.29 is 9.59 Å². The van der Waals surface area contributed by atoms with Crippen molar-refractivity contribution in [3.63, 3.8) is 0 Å². The third-order valence-electron chi connectivity index (χ3n) is 4.86. The van der Waals surface area contributed by atoms with Crippen molar-refractivity contribution in [3.8, 4) is 0 Å². The van der Waals surface area contributed by atoms with Gasteiger partial charge in [0.15, 0.2) is 5.16 Å². The number of rotatable bonds is 8. The minimum atomic E-state index is -0.247. The maximum atomic E-state index is 12.3. The Hall–Kier alpha value is -2.55. The first-order chi connectivity index (χ1) is 15.2. The summed E-state index contributed by atoms with van der Waals surface area (Å²) < 4.78 is 1.82. The lowest BCUT2D eigenvalue weighted by molar-refractivity contribution is -0.113. The van der Waals surface area contributed by atoms with Crippen molar-refractivity contribution in [3.05, 3.63) is 69.0 Å². The molecular weight excluding hydrogens is 469 g/mol. The van der Waals surface area contributed by atoms with Gasteiger partial charge in [0.1, 0.15) is 5.82 Å². The molecule has 1 heterocycles.